The van der Waals surface area contributed by atoms with Crippen LogP contribution in [0.15, 0.2) is 42.5 Å². The molecule has 8 aliphatic rings. The van der Waals surface area contributed by atoms with Gasteiger partial charge in [-0.1, -0.05) is 31.7 Å². The van der Waals surface area contributed by atoms with Crippen LogP contribution in [0.1, 0.15) is 49.9 Å². The lowest BCUT2D eigenvalue weighted by molar-refractivity contribution is -0.397. The van der Waals surface area contributed by atoms with Gasteiger partial charge in [-0.2, -0.15) is 0 Å². The molecule has 3 heterocycles. The first kappa shape index (κ1) is 24.2. The first-order chi connectivity index (χ1) is 18.0. The average Bonchev–Trinajstić information content (AvgIpc) is 2.87. The van der Waals surface area contributed by atoms with E-state index in [9.17, 15) is 19.2 Å². The molecule has 38 heavy (non-hydrogen) atoms. The van der Waals surface area contributed by atoms with Gasteiger partial charge in [-0.3, -0.25) is 19.3 Å². The van der Waals surface area contributed by atoms with Crippen LogP contribution in [0.25, 0.3) is 0 Å². The summed E-state index contributed by atoms with van der Waals surface area (Å²) in [6.45, 7) is 8.29. The molecule has 8 nitrogen and oxygen atoms in total. The van der Waals surface area contributed by atoms with Crippen LogP contribution in [0.3, 0.4) is 0 Å². The molecule has 0 N–H and O–H groups in total. The van der Waals surface area contributed by atoms with Crippen LogP contribution in [-0.4, -0.2) is 66.5 Å². The molecule has 1 aromatic rings. The molecule has 3 aliphatic heterocycles. The van der Waals surface area contributed by atoms with Gasteiger partial charge in [0.2, 0.25) is 0 Å². The van der Waals surface area contributed by atoms with Crippen molar-refractivity contribution in [1.82, 2.24) is 4.90 Å². The number of carbonyl (C=O) groups excluding carboxylic acids is 4. The Balaban J connectivity index is 1.35. The van der Waals surface area contributed by atoms with Crippen molar-refractivity contribution in [3.8, 4) is 0 Å². The summed E-state index contributed by atoms with van der Waals surface area (Å²) in [5.74, 6) is -1.27. The second kappa shape index (κ2) is 7.63. The van der Waals surface area contributed by atoms with E-state index in [0.29, 0.717) is 30.5 Å². The van der Waals surface area contributed by atoms with Crippen molar-refractivity contribution < 1.29 is 33.4 Å². The summed E-state index contributed by atoms with van der Waals surface area (Å²) in [6, 6.07) is 8.86. The summed E-state index contributed by atoms with van der Waals surface area (Å²) in [7, 11) is 2.01. The van der Waals surface area contributed by atoms with E-state index >= 15 is 0 Å². The topological polar surface area (TPSA) is 99.2 Å². The molecule has 2 spiro atoms. The number of rotatable bonds is 3. The van der Waals surface area contributed by atoms with Crippen LogP contribution in [0, 0.1) is 34.0 Å². The zero-order valence-corrected chi connectivity index (χ0v) is 22.0. The molecule has 8 fully saturated rings. The fourth-order valence-electron chi connectivity index (χ4n) is 10.0. The van der Waals surface area contributed by atoms with E-state index in [0.717, 1.165) is 0 Å². The summed E-state index contributed by atoms with van der Waals surface area (Å²) >= 11 is 0. The number of esters is 2. The van der Waals surface area contributed by atoms with Gasteiger partial charge in [-0.05, 0) is 49.4 Å². The van der Waals surface area contributed by atoms with E-state index in [1.807, 2.05) is 13.1 Å². The maximum Gasteiger partial charge on any atom is 0.338 e. The minimum Gasteiger partial charge on any atom is -0.454 e. The maximum absolute atomic E-state index is 13.8. The van der Waals surface area contributed by atoms with Crippen LogP contribution in [0.5, 0.6) is 0 Å². The maximum atomic E-state index is 13.8. The SMILES string of the molecule is C=C1[C@@H]2C[C@H]3[C@@]45CC(=O)[C@@H](OC(C)=O)[C@@]6(C)CN(C)[C@H]4O[C@H](C[C@H]65)[C@]3(CC2=O)[C@H]1OC(=O)c1ccccc1. The number of hydrogen-bond donors (Lipinski definition) is 0. The van der Waals surface area contributed by atoms with Gasteiger partial charge in [0.15, 0.2) is 11.9 Å². The van der Waals surface area contributed by atoms with Crippen molar-refractivity contribution in [2.75, 3.05) is 13.6 Å². The van der Waals surface area contributed by atoms with Gasteiger partial charge in [-0.15, -0.1) is 0 Å². The zero-order valence-electron chi connectivity index (χ0n) is 22.0. The standard InChI is InChI=1S/C30H33NO7/c1-15-18-10-22-29-13-20(34)25(36-16(2)32)28(3)14-31(4)27(29)37-23(11-21(28)29)30(22,12-19(18)33)24(15)38-26(35)17-8-6-5-7-9-17/h5-9,18,21-25,27H,1,10-14H2,2-4H3/t18-,21+,22-,23+,24-,25+,27-,28-,29-,30+/m0/s1. The van der Waals surface area contributed by atoms with Gasteiger partial charge in [0.25, 0.3) is 0 Å². The van der Waals surface area contributed by atoms with E-state index in [-0.39, 0.29) is 48.6 Å². The Bertz CT molecular complexity index is 1290. The molecule has 0 radical (unpaired) electrons. The number of likely N-dealkylation sites (tertiary alicyclic amines) is 1. The zero-order chi connectivity index (χ0) is 26.8. The normalized spacial score (nSPS) is 46.5. The minimum absolute atomic E-state index is 0.0661. The molecule has 3 saturated heterocycles. The monoisotopic (exact) mass is 519 g/mol. The number of Topliss-reactive ketones (excluding diaryl/α,β-unsaturated/α-hetero) is 2. The van der Waals surface area contributed by atoms with Crippen molar-refractivity contribution in [3.63, 3.8) is 0 Å². The lowest BCUT2D eigenvalue weighted by Gasteiger charge is -2.79. The van der Waals surface area contributed by atoms with Crippen molar-refractivity contribution >= 4 is 23.5 Å². The van der Waals surface area contributed by atoms with Crippen LogP contribution < -0.4 is 0 Å². The summed E-state index contributed by atoms with van der Waals surface area (Å²) < 4.78 is 18.8. The first-order valence-electron chi connectivity index (χ1n) is 13.6. The van der Waals surface area contributed by atoms with Crippen LogP contribution in [-0.2, 0) is 28.6 Å². The van der Waals surface area contributed by atoms with E-state index in [1.54, 1.807) is 24.3 Å². The quantitative estimate of drug-likeness (QED) is 0.444. The Morgan fingerprint density at radius 3 is 2.42 bits per heavy atom. The molecule has 0 amide bonds. The van der Waals surface area contributed by atoms with Gasteiger partial charge >= 0.3 is 11.9 Å². The highest BCUT2D eigenvalue weighted by atomic mass is 16.6. The molecule has 8 heteroatoms. The Morgan fingerprint density at radius 1 is 1.00 bits per heavy atom. The minimum atomic E-state index is -0.807. The molecule has 200 valence electrons. The second-order valence-corrected chi connectivity index (χ2v) is 12.8. The number of fused-ring (bicyclic) bond motifs is 2. The number of ether oxygens (including phenoxy) is 3. The predicted molar refractivity (Wildman–Crippen MR) is 134 cm³/mol. The molecule has 0 aromatic heterocycles. The Kier molecular flexibility index (Phi) is 4.86. The molecule has 9 rings (SSSR count). The Morgan fingerprint density at radius 2 is 1.71 bits per heavy atom. The molecule has 5 aliphatic carbocycles. The van der Waals surface area contributed by atoms with Gasteiger partial charge < -0.3 is 14.2 Å². The first-order valence-corrected chi connectivity index (χ1v) is 13.6. The lowest BCUT2D eigenvalue weighted by Crippen LogP contribution is -2.85. The number of hydrogen-bond acceptors (Lipinski definition) is 8. The highest BCUT2D eigenvalue weighted by molar-refractivity contribution is 5.92. The average molecular weight is 520 g/mol. The number of ketones is 2. The van der Waals surface area contributed by atoms with Crippen molar-refractivity contribution in [1.29, 1.82) is 0 Å². The van der Waals surface area contributed by atoms with Crippen LogP contribution in [0.2, 0.25) is 0 Å². The van der Waals surface area contributed by atoms with Crippen LogP contribution >= 0.6 is 0 Å². The summed E-state index contributed by atoms with van der Waals surface area (Å²) in [6.07, 6.45) is -0.449. The summed E-state index contributed by atoms with van der Waals surface area (Å²) in [5, 5.41) is 0. The highest BCUT2D eigenvalue weighted by Gasteiger charge is 2.82. The number of piperidine rings is 1. The van der Waals surface area contributed by atoms with Gasteiger partial charge in [-0.25, -0.2) is 4.79 Å². The fourth-order valence-corrected chi connectivity index (χ4v) is 10.0. The lowest BCUT2D eigenvalue weighted by atomic mass is 9.32. The largest absolute Gasteiger partial charge is 0.454 e. The molecular formula is C30H33NO7. The molecule has 10 atom stereocenters. The predicted octanol–water partition coefficient (Wildman–Crippen LogP) is 2.95. The summed E-state index contributed by atoms with van der Waals surface area (Å²) in [5.41, 5.74) is -0.822. The van der Waals surface area contributed by atoms with E-state index in [1.165, 1.54) is 6.92 Å². The molecular weight excluding hydrogens is 486 g/mol. The Hall–Kier alpha value is -2.84. The third kappa shape index (κ3) is 2.73. The third-order valence-corrected chi connectivity index (χ3v) is 11.0. The number of benzene rings is 1. The van der Waals surface area contributed by atoms with E-state index in [2.05, 4.69) is 18.4 Å². The van der Waals surface area contributed by atoms with Gasteiger partial charge in [0.05, 0.1) is 11.7 Å². The van der Waals surface area contributed by atoms with Gasteiger partial charge in [0, 0.05) is 48.5 Å². The van der Waals surface area contributed by atoms with E-state index in [4.69, 9.17) is 14.2 Å². The number of carbonyl (C=O) groups is 4. The van der Waals surface area contributed by atoms with Gasteiger partial charge in [0.1, 0.15) is 18.1 Å². The molecule has 7 bridgehead atoms. The van der Waals surface area contributed by atoms with Crippen molar-refractivity contribution in [2.45, 2.75) is 64.1 Å². The summed E-state index contributed by atoms with van der Waals surface area (Å²) in [4.78, 5) is 54.7. The molecule has 1 aromatic carbocycles. The Labute approximate surface area is 221 Å². The number of nitrogens with zero attached hydrogens (tertiary/aromatic N) is 1. The highest BCUT2D eigenvalue weighted by Crippen LogP contribution is 2.77. The van der Waals surface area contributed by atoms with Crippen LogP contribution in [0.4, 0.5) is 0 Å². The van der Waals surface area contributed by atoms with Crippen molar-refractivity contribution in [2.24, 2.45) is 34.0 Å². The van der Waals surface area contributed by atoms with Crippen molar-refractivity contribution in [3.05, 3.63) is 48.0 Å². The fraction of sp³-hybridized carbons (Fsp3) is 0.600. The smallest absolute Gasteiger partial charge is 0.338 e. The second-order valence-electron chi connectivity index (χ2n) is 12.8. The molecule has 5 saturated carbocycles. The third-order valence-electron chi connectivity index (χ3n) is 11.0. The molecule has 0 unspecified atom stereocenters. The van der Waals surface area contributed by atoms with E-state index < -0.39 is 46.3 Å².